The van der Waals surface area contributed by atoms with Crippen LogP contribution in [-0.4, -0.2) is 51.2 Å². The van der Waals surface area contributed by atoms with E-state index in [-0.39, 0.29) is 18.6 Å². The lowest BCUT2D eigenvalue weighted by molar-refractivity contribution is -0.145. The molecule has 1 unspecified atom stereocenters. The number of aliphatic hydroxyl groups excluding tert-OH is 2. The average molecular weight is 427 g/mol. The molecule has 9 nitrogen and oxygen atoms in total. The number of carbonyl (C=O) groups excluding carboxylic acids is 1. The van der Waals surface area contributed by atoms with Crippen molar-refractivity contribution in [3.63, 3.8) is 0 Å². The Hall–Kier alpha value is -1.97. The van der Waals surface area contributed by atoms with E-state index in [0.29, 0.717) is 12.8 Å². The normalized spacial score (nSPS) is 22.2. The van der Waals surface area contributed by atoms with Crippen molar-refractivity contribution in [1.29, 1.82) is 0 Å². The van der Waals surface area contributed by atoms with Crippen LogP contribution in [-0.2, 0) is 14.3 Å². The molecule has 0 aromatic carbocycles. The lowest BCUT2D eigenvalue weighted by atomic mass is 10.1. The van der Waals surface area contributed by atoms with Gasteiger partial charge in [-0.3, -0.25) is 9.36 Å². The third-order valence-corrected chi connectivity index (χ3v) is 5.63. The van der Waals surface area contributed by atoms with E-state index < -0.39 is 41.7 Å². The third kappa shape index (κ3) is 5.59. The Kier molecular flexibility index (Phi) is 9.26. The molecule has 0 bridgehead atoms. The van der Waals surface area contributed by atoms with Crippen LogP contribution in [0.2, 0.25) is 0 Å². The van der Waals surface area contributed by atoms with Gasteiger partial charge < -0.3 is 19.7 Å². The van der Waals surface area contributed by atoms with Crippen molar-refractivity contribution in [2.24, 2.45) is 0 Å². The van der Waals surface area contributed by atoms with Crippen LogP contribution in [0.4, 0.5) is 0 Å². The summed E-state index contributed by atoms with van der Waals surface area (Å²) < 4.78 is 12.6. The van der Waals surface area contributed by atoms with Crippen LogP contribution in [0.3, 0.4) is 0 Å². The van der Waals surface area contributed by atoms with Crippen LogP contribution in [0.1, 0.15) is 76.1 Å². The van der Waals surface area contributed by atoms with Crippen molar-refractivity contribution in [2.45, 2.75) is 89.7 Å². The molecule has 1 aliphatic rings. The highest BCUT2D eigenvalue weighted by atomic mass is 16.5. The molecule has 30 heavy (non-hydrogen) atoms. The molecule has 0 saturated carbocycles. The first-order valence-corrected chi connectivity index (χ1v) is 10.7. The first kappa shape index (κ1) is 24.3. The number of unbranched alkanes of at least 4 members (excludes halogenated alkanes) is 5. The van der Waals surface area contributed by atoms with Gasteiger partial charge in [-0.1, -0.05) is 45.4 Å². The van der Waals surface area contributed by atoms with Gasteiger partial charge in [-0.2, -0.15) is 0 Å². The van der Waals surface area contributed by atoms with Crippen molar-refractivity contribution < 1.29 is 24.5 Å². The van der Waals surface area contributed by atoms with Gasteiger partial charge in [0.2, 0.25) is 0 Å². The van der Waals surface area contributed by atoms with E-state index in [4.69, 9.17) is 9.47 Å². The third-order valence-electron chi connectivity index (χ3n) is 5.63. The van der Waals surface area contributed by atoms with Gasteiger partial charge in [0, 0.05) is 18.2 Å². The Morgan fingerprint density at radius 3 is 2.53 bits per heavy atom. The second kappa shape index (κ2) is 11.4. The number of methoxy groups -OCH3 is 1. The maximum Gasteiger partial charge on any atom is 0.333 e. The average Bonchev–Trinajstić information content (AvgIpc) is 3.11. The van der Waals surface area contributed by atoms with E-state index in [1.165, 1.54) is 17.9 Å². The van der Waals surface area contributed by atoms with Crippen LogP contribution < -0.4 is 11.2 Å². The molecule has 2 N–H and O–H groups in total. The van der Waals surface area contributed by atoms with Crippen LogP contribution in [0.25, 0.3) is 0 Å². The van der Waals surface area contributed by atoms with Crippen LogP contribution in [0.15, 0.2) is 15.8 Å². The number of hydrogen-bond acceptors (Lipinski definition) is 7. The number of aliphatic hydroxyl groups is 2. The topological polar surface area (TPSA) is 120 Å². The summed E-state index contributed by atoms with van der Waals surface area (Å²) in [5, 5.41) is 19.3. The summed E-state index contributed by atoms with van der Waals surface area (Å²) in [4.78, 5) is 38.4. The van der Waals surface area contributed by atoms with E-state index >= 15 is 0 Å². The minimum atomic E-state index is -1.02. The number of rotatable bonds is 11. The summed E-state index contributed by atoms with van der Waals surface area (Å²) in [6.07, 6.45) is 5.27. The molecule has 0 spiro atoms. The van der Waals surface area contributed by atoms with Crippen LogP contribution >= 0.6 is 0 Å². The molecule has 2 rings (SSSR count). The van der Waals surface area contributed by atoms with Gasteiger partial charge in [-0.15, -0.1) is 0 Å². The first-order valence-electron chi connectivity index (χ1n) is 10.7. The summed E-state index contributed by atoms with van der Waals surface area (Å²) >= 11 is 0. The number of hydrogen-bond donors (Lipinski definition) is 2. The molecule has 0 radical (unpaired) electrons. The van der Waals surface area contributed by atoms with Crippen molar-refractivity contribution in [3.8, 4) is 0 Å². The zero-order valence-corrected chi connectivity index (χ0v) is 18.1. The van der Waals surface area contributed by atoms with Gasteiger partial charge in [0.1, 0.15) is 18.4 Å². The van der Waals surface area contributed by atoms with Crippen LogP contribution in [0, 0.1) is 6.92 Å². The summed E-state index contributed by atoms with van der Waals surface area (Å²) in [5.41, 5.74) is -0.963. The van der Waals surface area contributed by atoms with E-state index in [9.17, 15) is 24.6 Å². The Labute approximate surface area is 176 Å². The largest absolute Gasteiger partial charge is 0.467 e. The predicted octanol–water partition coefficient (Wildman–Crippen LogP) is 1.42. The zero-order chi connectivity index (χ0) is 22.3. The highest BCUT2D eigenvalue weighted by molar-refractivity contribution is 5.74. The van der Waals surface area contributed by atoms with E-state index in [1.807, 2.05) is 0 Å². The number of nitrogens with zero attached hydrogens (tertiary/aromatic N) is 2. The summed E-state index contributed by atoms with van der Waals surface area (Å²) in [6.45, 7) is 3.31. The van der Waals surface area contributed by atoms with Gasteiger partial charge in [-0.25, -0.2) is 14.2 Å². The summed E-state index contributed by atoms with van der Waals surface area (Å²) in [7, 11) is 1.23. The molecule has 1 aromatic heterocycles. The van der Waals surface area contributed by atoms with Gasteiger partial charge >= 0.3 is 11.7 Å². The Morgan fingerprint density at radius 1 is 1.27 bits per heavy atom. The van der Waals surface area contributed by atoms with E-state index in [0.717, 1.165) is 36.7 Å². The Bertz CT molecular complexity index is 817. The fourth-order valence-corrected chi connectivity index (χ4v) is 3.86. The Morgan fingerprint density at radius 2 is 1.93 bits per heavy atom. The number of ether oxygens (including phenoxy) is 2. The number of esters is 1. The lowest BCUT2D eigenvalue weighted by Crippen LogP contribution is -2.46. The first-order chi connectivity index (χ1) is 14.3. The molecule has 2 heterocycles. The molecule has 0 aliphatic carbocycles. The Balaban J connectivity index is 2.32. The second-order valence-electron chi connectivity index (χ2n) is 7.89. The zero-order valence-electron chi connectivity index (χ0n) is 18.1. The second-order valence-corrected chi connectivity index (χ2v) is 7.89. The smallest absolute Gasteiger partial charge is 0.333 e. The van der Waals surface area contributed by atoms with Crippen molar-refractivity contribution in [2.75, 3.05) is 13.7 Å². The minimum Gasteiger partial charge on any atom is -0.467 e. The number of aromatic nitrogens is 2. The monoisotopic (exact) mass is 426 g/mol. The summed E-state index contributed by atoms with van der Waals surface area (Å²) in [5.74, 6) is -0.638. The van der Waals surface area contributed by atoms with Gasteiger partial charge in [0.15, 0.2) is 0 Å². The fraction of sp³-hybridized carbons (Fsp3) is 0.762. The maximum absolute atomic E-state index is 13.2. The van der Waals surface area contributed by atoms with E-state index in [1.54, 1.807) is 6.92 Å². The van der Waals surface area contributed by atoms with Gasteiger partial charge in [-0.05, 0) is 13.3 Å². The van der Waals surface area contributed by atoms with Gasteiger partial charge in [0.25, 0.3) is 5.56 Å². The maximum atomic E-state index is 13.2. The molecule has 0 amide bonds. The molecule has 1 aromatic rings. The molecule has 1 saturated heterocycles. The van der Waals surface area contributed by atoms with Crippen molar-refractivity contribution in [1.82, 2.24) is 9.13 Å². The number of carbonyl (C=O) groups is 1. The SMILES string of the molecule is CCCCCCCCC(C(=O)OC)n1c(=O)c(C)cn([C@H]2C[C@H](O)[C@@H](CO)O2)c1=O. The highest BCUT2D eigenvalue weighted by Gasteiger charge is 2.36. The van der Waals surface area contributed by atoms with Gasteiger partial charge in [0.05, 0.1) is 19.8 Å². The quantitative estimate of drug-likeness (QED) is 0.406. The standard InChI is InChI=1S/C21H34N2O7/c1-4-5-6-7-8-9-10-15(20(27)29-3)23-19(26)14(2)12-22(21(23)28)18-11-16(25)17(13-24)30-18/h12,15-18,24-25H,4-11,13H2,1-3H3/t15?,16-,17+,18+/m0/s1. The summed E-state index contributed by atoms with van der Waals surface area (Å²) in [6, 6.07) is -1.02. The highest BCUT2D eigenvalue weighted by Crippen LogP contribution is 2.27. The fourth-order valence-electron chi connectivity index (χ4n) is 3.86. The molecular weight excluding hydrogens is 392 g/mol. The van der Waals surface area contributed by atoms with E-state index in [2.05, 4.69) is 6.92 Å². The molecule has 4 atom stereocenters. The van der Waals surface area contributed by atoms with Crippen molar-refractivity contribution >= 4 is 5.97 Å². The molecular formula is C21H34N2O7. The molecule has 1 aliphatic heterocycles. The number of aryl methyl sites for hydroxylation is 1. The lowest BCUT2D eigenvalue weighted by Gasteiger charge is -2.21. The molecule has 1 fully saturated rings. The minimum absolute atomic E-state index is 0.100. The molecule has 9 heteroatoms. The van der Waals surface area contributed by atoms with Crippen molar-refractivity contribution in [3.05, 3.63) is 32.6 Å². The van der Waals surface area contributed by atoms with Crippen LogP contribution in [0.5, 0.6) is 0 Å². The molecule has 170 valence electrons. The predicted molar refractivity (Wildman–Crippen MR) is 110 cm³/mol.